The normalized spacial score (nSPS) is 10.1. The Balaban J connectivity index is 2.86. The van der Waals surface area contributed by atoms with Crippen LogP contribution in [0.2, 0.25) is 0 Å². The largest absolute Gasteiger partial charge is 0.487 e. The molecule has 0 aliphatic heterocycles. The lowest BCUT2D eigenvalue weighted by Crippen LogP contribution is -2.07. The Labute approximate surface area is 92.0 Å². The van der Waals surface area contributed by atoms with Crippen molar-refractivity contribution in [2.24, 2.45) is 0 Å². The molecule has 0 radical (unpaired) electrons. The molecule has 0 atom stereocenters. The molecule has 0 fully saturated rings. The van der Waals surface area contributed by atoms with Crippen molar-refractivity contribution in [2.45, 2.75) is 13.3 Å². The second-order valence-electron chi connectivity index (χ2n) is 2.95. The van der Waals surface area contributed by atoms with Gasteiger partial charge in [0.05, 0.1) is 12.3 Å². The molecule has 5 heteroatoms. The molecule has 0 amide bonds. The van der Waals surface area contributed by atoms with Crippen molar-refractivity contribution in [2.75, 3.05) is 12.3 Å². The molecule has 0 aromatic heterocycles. The maximum absolute atomic E-state index is 13.2. The molecule has 2 nitrogen and oxygen atoms in total. The Kier molecular flexibility index (Phi) is 3.96. The number of rotatable bonds is 3. The smallest absolute Gasteiger partial charge is 0.164 e. The van der Waals surface area contributed by atoms with Gasteiger partial charge in [-0.2, -0.15) is 0 Å². The molecular weight excluding hydrogens is 220 g/mol. The minimum atomic E-state index is -0.765. The number of thiocarbonyl (C=S) groups is 1. The van der Waals surface area contributed by atoms with Gasteiger partial charge in [0.2, 0.25) is 0 Å². The molecule has 15 heavy (non-hydrogen) atoms. The summed E-state index contributed by atoms with van der Waals surface area (Å²) in [6, 6.07) is 1.98. The Hall–Kier alpha value is -1.23. The number of ether oxygens (including phenoxy) is 1. The van der Waals surface area contributed by atoms with Crippen molar-refractivity contribution in [1.29, 1.82) is 0 Å². The van der Waals surface area contributed by atoms with Crippen LogP contribution in [0.25, 0.3) is 0 Å². The van der Waals surface area contributed by atoms with Gasteiger partial charge in [-0.05, 0) is 30.8 Å². The zero-order valence-electron chi connectivity index (χ0n) is 8.22. The van der Waals surface area contributed by atoms with E-state index in [1.165, 1.54) is 6.07 Å². The molecule has 0 saturated heterocycles. The topological polar surface area (TPSA) is 35.2 Å². The third-order valence-corrected chi connectivity index (χ3v) is 2.07. The minimum Gasteiger partial charge on any atom is -0.487 e. The van der Waals surface area contributed by atoms with Gasteiger partial charge in [-0.3, -0.25) is 0 Å². The van der Waals surface area contributed by atoms with E-state index in [2.05, 4.69) is 0 Å². The number of halogens is 2. The molecule has 82 valence electrons. The van der Waals surface area contributed by atoms with E-state index >= 15 is 0 Å². The SMILES string of the molecule is CCOC(=S)Cc1cc(N)c(F)cc1F. The van der Waals surface area contributed by atoms with Gasteiger partial charge >= 0.3 is 0 Å². The van der Waals surface area contributed by atoms with Crippen LogP contribution in [0, 0.1) is 11.6 Å². The summed E-state index contributed by atoms with van der Waals surface area (Å²) in [5.74, 6) is -1.43. The zero-order chi connectivity index (χ0) is 11.4. The van der Waals surface area contributed by atoms with E-state index in [9.17, 15) is 8.78 Å². The maximum Gasteiger partial charge on any atom is 0.164 e. The minimum absolute atomic E-state index is 0.0919. The van der Waals surface area contributed by atoms with Crippen LogP contribution >= 0.6 is 12.2 Å². The Morgan fingerprint density at radius 3 is 2.67 bits per heavy atom. The lowest BCUT2D eigenvalue weighted by Gasteiger charge is -2.07. The lowest BCUT2D eigenvalue weighted by molar-refractivity contribution is 0.329. The number of hydrogen-bond acceptors (Lipinski definition) is 3. The first-order chi connectivity index (χ1) is 7.04. The van der Waals surface area contributed by atoms with Crippen molar-refractivity contribution < 1.29 is 13.5 Å². The van der Waals surface area contributed by atoms with Crippen molar-refractivity contribution >= 4 is 23.0 Å². The summed E-state index contributed by atoms with van der Waals surface area (Å²) in [5.41, 5.74) is 5.46. The highest BCUT2D eigenvalue weighted by Crippen LogP contribution is 2.17. The molecule has 1 rings (SSSR count). The molecule has 0 unspecified atom stereocenters. The first-order valence-corrected chi connectivity index (χ1v) is 4.84. The Morgan fingerprint density at radius 1 is 1.40 bits per heavy atom. The van der Waals surface area contributed by atoms with Crippen molar-refractivity contribution in [3.05, 3.63) is 29.3 Å². The average Bonchev–Trinajstić information content (AvgIpc) is 2.14. The fourth-order valence-electron chi connectivity index (χ4n) is 1.12. The molecule has 2 N–H and O–H groups in total. The van der Waals surface area contributed by atoms with Gasteiger partial charge in [-0.1, -0.05) is 0 Å². The third-order valence-electron chi connectivity index (χ3n) is 1.81. The molecule has 1 aromatic rings. The quantitative estimate of drug-likeness (QED) is 0.641. The van der Waals surface area contributed by atoms with Crippen molar-refractivity contribution in [3.8, 4) is 0 Å². The Bertz CT molecular complexity index is 382. The summed E-state index contributed by atoms with van der Waals surface area (Å²) in [6.45, 7) is 2.21. The number of hydrogen-bond donors (Lipinski definition) is 1. The van der Waals surface area contributed by atoms with E-state index in [0.29, 0.717) is 6.61 Å². The van der Waals surface area contributed by atoms with E-state index < -0.39 is 11.6 Å². The monoisotopic (exact) mass is 231 g/mol. The van der Waals surface area contributed by atoms with Crippen molar-refractivity contribution in [1.82, 2.24) is 0 Å². The fourth-order valence-corrected chi connectivity index (χ4v) is 1.39. The average molecular weight is 231 g/mol. The van der Waals surface area contributed by atoms with E-state index in [1.807, 2.05) is 0 Å². The first-order valence-electron chi connectivity index (χ1n) is 4.43. The number of benzene rings is 1. The lowest BCUT2D eigenvalue weighted by atomic mass is 10.1. The van der Waals surface area contributed by atoms with Crippen LogP contribution in [0.4, 0.5) is 14.5 Å². The number of anilines is 1. The maximum atomic E-state index is 13.2. The van der Waals surface area contributed by atoms with Crippen LogP contribution in [0.3, 0.4) is 0 Å². The van der Waals surface area contributed by atoms with Gasteiger partial charge in [0.15, 0.2) is 5.05 Å². The van der Waals surface area contributed by atoms with Crippen LogP contribution in [0.5, 0.6) is 0 Å². The molecule has 0 heterocycles. The molecule has 0 aliphatic rings. The molecule has 0 aliphatic carbocycles. The van der Waals surface area contributed by atoms with Gasteiger partial charge in [0.25, 0.3) is 0 Å². The van der Waals surface area contributed by atoms with Crippen molar-refractivity contribution in [3.63, 3.8) is 0 Å². The van der Waals surface area contributed by atoms with Gasteiger partial charge < -0.3 is 10.5 Å². The van der Waals surface area contributed by atoms with E-state index in [1.54, 1.807) is 6.92 Å². The van der Waals surface area contributed by atoms with Crippen LogP contribution in [0.1, 0.15) is 12.5 Å². The van der Waals surface area contributed by atoms with Gasteiger partial charge in [-0.25, -0.2) is 8.78 Å². The number of nitrogen functional groups attached to an aromatic ring is 1. The summed E-state index contributed by atoms with van der Waals surface area (Å²) >= 11 is 4.85. The van der Waals surface area contributed by atoms with Crippen LogP contribution in [0.15, 0.2) is 12.1 Å². The molecule has 0 spiro atoms. The van der Waals surface area contributed by atoms with Crippen LogP contribution in [-0.4, -0.2) is 11.7 Å². The summed E-state index contributed by atoms with van der Waals surface area (Å²) in [6.07, 6.45) is 0.124. The van der Waals surface area contributed by atoms with Gasteiger partial charge in [0.1, 0.15) is 11.6 Å². The second kappa shape index (κ2) is 5.02. The van der Waals surface area contributed by atoms with E-state index in [0.717, 1.165) is 6.07 Å². The predicted octanol–water partition coefficient (Wildman–Crippen LogP) is 2.45. The predicted molar refractivity (Wildman–Crippen MR) is 58.7 cm³/mol. The summed E-state index contributed by atoms with van der Waals surface area (Å²) in [4.78, 5) is 0. The molecule has 0 bridgehead atoms. The third kappa shape index (κ3) is 3.13. The Morgan fingerprint density at radius 2 is 2.07 bits per heavy atom. The second-order valence-corrected chi connectivity index (χ2v) is 3.40. The number of nitrogens with two attached hydrogens (primary N) is 1. The molecule has 0 saturated carbocycles. The summed E-state index contributed by atoms with van der Waals surface area (Å²) in [5, 5.41) is 0.266. The van der Waals surface area contributed by atoms with Gasteiger partial charge in [0, 0.05) is 12.5 Å². The highest BCUT2D eigenvalue weighted by atomic mass is 32.1. The molecule has 1 aromatic carbocycles. The highest BCUT2D eigenvalue weighted by molar-refractivity contribution is 7.80. The molecular formula is C10H11F2NOS. The zero-order valence-corrected chi connectivity index (χ0v) is 9.04. The summed E-state index contributed by atoms with van der Waals surface area (Å²) < 4.78 is 31.0. The van der Waals surface area contributed by atoms with E-state index in [-0.39, 0.29) is 22.7 Å². The standard InChI is InChI=1S/C10H11F2NOS/c1-2-14-10(15)4-6-3-9(13)8(12)5-7(6)11/h3,5H,2,4,13H2,1H3. The first kappa shape index (κ1) is 11.8. The van der Waals surface area contributed by atoms with E-state index in [4.69, 9.17) is 22.7 Å². The fraction of sp³-hybridized carbons (Fsp3) is 0.300. The van der Waals surface area contributed by atoms with Gasteiger partial charge in [-0.15, -0.1) is 0 Å². The van der Waals surface area contributed by atoms with Crippen LogP contribution in [-0.2, 0) is 11.2 Å². The summed E-state index contributed by atoms with van der Waals surface area (Å²) in [7, 11) is 0. The van der Waals surface area contributed by atoms with Crippen LogP contribution < -0.4 is 5.73 Å². The highest BCUT2D eigenvalue weighted by Gasteiger charge is 2.10.